The monoisotopic (exact) mass is 146 g/mol. The van der Waals surface area contributed by atoms with Gasteiger partial charge in [-0.15, -0.1) is 0 Å². The molecule has 0 saturated carbocycles. The van der Waals surface area contributed by atoms with Gasteiger partial charge in [0.2, 0.25) is 0 Å². The van der Waals surface area contributed by atoms with Crippen LogP contribution in [0.4, 0.5) is 0 Å². The fourth-order valence-electron chi connectivity index (χ4n) is 0.923. The first-order chi connectivity index (χ1) is 4.72. The first kappa shape index (κ1) is 9.88. The highest BCUT2D eigenvalue weighted by Crippen LogP contribution is 1.95. The van der Waals surface area contributed by atoms with Crippen LogP contribution in [0.25, 0.3) is 0 Å². The van der Waals surface area contributed by atoms with Crippen LogP contribution in [0.2, 0.25) is 0 Å². The minimum Gasteiger partial charge on any atom is -0.381 e. The summed E-state index contributed by atoms with van der Waals surface area (Å²) in [6.07, 6.45) is 1.11. The van der Waals surface area contributed by atoms with Crippen molar-refractivity contribution in [1.82, 2.24) is 10.2 Å². The van der Waals surface area contributed by atoms with Crippen LogP contribution in [0.1, 0.15) is 13.3 Å². The summed E-state index contributed by atoms with van der Waals surface area (Å²) in [6.45, 7) is 3.08. The van der Waals surface area contributed by atoms with Crippen LogP contribution in [0.5, 0.6) is 0 Å². The van der Waals surface area contributed by atoms with E-state index in [0.717, 1.165) is 13.0 Å². The van der Waals surface area contributed by atoms with Gasteiger partial charge in [0.15, 0.2) is 0 Å². The van der Waals surface area contributed by atoms with Gasteiger partial charge < -0.3 is 10.0 Å². The first-order valence-corrected chi connectivity index (χ1v) is 3.70. The summed E-state index contributed by atoms with van der Waals surface area (Å²) in [4.78, 5) is 2.16. The van der Waals surface area contributed by atoms with E-state index in [1.807, 2.05) is 14.1 Å². The number of hydrogen-bond donors (Lipinski definition) is 2. The molecule has 0 spiro atoms. The molecule has 0 rings (SSSR count). The highest BCUT2D eigenvalue weighted by atomic mass is 16.3. The highest BCUT2D eigenvalue weighted by molar-refractivity contribution is 4.65. The molecule has 2 N–H and O–H groups in total. The maximum atomic E-state index is 8.46. The Kier molecular flexibility index (Phi) is 5.58. The van der Waals surface area contributed by atoms with E-state index in [1.54, 1.807) is 0 Å². The van der Waals surface area contributed by atoms with Crippen LogP contribution >= 0.6 is 0 Å². The molecule has 3 nitrogen and oxygen atoms in total. The molecule has 0 amide bonds. The number of likely N-dealkylation sites (N-methyl/N-ethyl adjacent to an activating group) is 1. The quantitative estimate of drug-likeness (QED) is 0.530. The minimum atomic E-state index is 0.0737. The number of aliphatic hydroxyl groups is 1. The molecule has 0 saturated heterocycles. The van der Waals surface area contributed by atoms with E-state index in [9.17, 15) is 0 Å². The standard InChI is InChI=1S/C7H18N2O/c1-4-7(9(2)3)5-8-6-10/h7-8,10H,4-6H2,1-3H3. The summed E-state index contributed by atoms with van der Waals surface area (Å²) >= 11 is 0. The molecule has 0 aromatic heterocycles. The summed E-state index contributed by atoms with van der Waals surface area (Å²) < 4.78 is 0. The summed E-state index contributed by atoms with van der Waals surface area (Å²) in [5, 5.41) is 11.4. The highest BCUT2D eigenvalue weighted by Gasteiger charge is 2.06. The van der Waals surface area contributed by atoms with Crippen molar-refractivity contribution in [3.63, 3.8) is 0 Å². The second kappa shape index (κ2) is 5.65. The molecule has 0 radical (unpaired) electrons. The lowest BCUT2D eigenvalue weighted by molar-refractivity contribution is 0.220. The van der Waals surface area contributed by atoms with Crippen molar-refractivity contribution in [1.29, 1.82) is 0 Å². The molecule has 10 heavy (non-hydrogen) atoms. The normalized spacial score (nSPS) is 14.1. The molecule has 0 aromatic carbocycles. The topological polar surface area (TPSA) is 35.5 Å². The Balaban J connectivity index is 3.40. The maximum Gasteiger partial charge on any atom is 0.0932 e. The first-order valence-electron chi connectivity index (χ1n) is 3.70. The molecule has 62 valence electrons. The SMILES string of the molecule is CCC(CNCO)N(C)C. The summed E-state index contributed by atoms with van der Waals surface area (Å²) in [6, 6.07) is 0.534. The van der Waals surface area contributed by atoms with Gasteiger partial charge in [0, 0.05) is 12.6 Å². The number of aliphatic hydroxyl groups excluding tert-OH is 1. The summed E-state index contributed by atoms with van der Waals surface area (Å²) in [5.74, 6) is 0. The molecule has 0 bridgehead atoms. The molecule has 1 atom stereocenters. The van der Waals surface area contributed by atoms with Gasteiger partial charge in [-0.2, -0.15) is 0 Å². The number of nitrogens with one attached hydrogen (secondary N) is 1. The van der Waals surface area contributed by atoms with Crippen molar-refractivity contribution in [3.05, 3.63) is 0 Å². The fraction of sp³-hybridized carbons (Fsp3) is 1.00. The van der Waals surface area contributed by atoms with E-state index >= 15 is 0 Å². The third-order valence-corrected chi connectivity index (χ3v) is 1.69. The number of rotatable bonds is 5. The van der Waals surface area contributed by atoms with Gasteiger partial charge in [0.1, 0.15) is 0 Å². The predicted octanol–water partition coefficient (Wildman–Crippen LogP) is -0.134. The lowest BCUT2D eigenvalue weighted by Crippen LogP contribution is -2.37. The van der Waals surface area contributed by atoms with E-state index in [-0.39, 0.29) is 6.73 Å². The van der Waals surface area contributed by atoms with E-state index in [4.69, 9.17) is 5.11 Å². The van der Waals surface area contributed by atoms with Crippen molar-refractivity contribution in [2.45, 2.75) is 19.4 Å². The summed E-state index contributed by atoms with van der Waals surface area (Å²) in [7, 11) is 4.10. The van der Waals surface area contributed by atoms with Crippen molar-refractivity contribution >= 4 is 0 Å². The Labute approximate surface area is 63.0 Å². The molecule has 0 aliphatic heterocycles. The van der Waals surface area contributed by atoms with Gasteiger partial charge in [-0.3, -0.25) is 5.32 Å². The minimum absolute atomic E-state index is 0.0737. The Morgan fingerprint density at radius 3 is 2.40 bits per heavy atom. The van der Waals surface area contributed by atoms with Gasteiger partial charge in [-0.25, -0.2) is 0 Å². The predicted molar refractivity (Wildman–Crippen MR) is 42.9 cm³/mol. The molecule has 0 aromatic rings. The Bertz CT molecular complexity index is 76.0. The summed E-state index contributed by atoms with van der Waals surface area (Å²) in [5.41, 5.74) is 0. The fourth-order valence-corrected chi connectivity index (χ4v) is 0.923. The zero-order valence-corrected chi connectivity index (χ0v) is 7.09. The zero-order valence-electron chi connectivity index (χ0n) is 7.09. The van der Waals surface area contributed by atoms with E-state index in [2.05, 4.69) is 17.1 Å². The second-order valence-corrected chi connectivity index (χ2v) is 2.64. The molecule has 3 heteroatoms. The van der Waals surface area contributed by atoms with Crippen LogP contribution in [-0.2, 0) is 0 Å². The van der Waals surface area contributed by atoms with Crippen molar-refractivity contribution in [2.75, 3.05) is 27.4 Å². The van der Waals surface area contributed by atoms with E-state index in [0.29, 0.717) is 6.04 Å². The Morgan fingerprint density at radius 2 is 2.10 bits per heavy atom. The van der Waals surface area contributed by atoms with Crippen LogP contribution in [-0.4, -0.2) is 43.4 Å². The lowest BCUT2D eigenvalue weighted by atomic mass is 10.2. The molecule has 0 heterocycles. The van der Waals surface area contributed by atoms with Crippen LogP contribution in [0.15, 0.2) is 0 Å². The van der Waals surface area contributed by atoms with Gasteiger partial charge in [0.25, 0.3) is 0 Å². The number of hydrogen-bond acceptors (Lipinski definition) is 3. The van der Waals surface area contributed by atoms with Gasteiger partial charge in [0.05, 0.1) is 6.73 Å². The largest absolute Gasteiger partial charge is 0.381 e. The Hall–Kier alpha value is -0.120. The van der Waals surface area contributed by atoms with Gasteiger partial charge in [-0.1, -0.05) is 6.92 Å². The van der Waals surface area contributed by atoms with Crippen LogP contribution in [0, 0.1) is 0 Å². The van der Waals surface area contributed by atoms with Crippen LogP contribution in [0.3, 0.4) is 0 Å². The third kappa shape index (κ3) is 3.82. The third-order valence-electron chi connectivity index (χ3n) is 1.69. The van der Waals surface area contributed by atoms with Crippen molar-refractivity contribution < 1.29 is 5.11 Å². The van der Waals surface area contributed by atoms with Gasteiger partial charge >= 0.3 is 0 Å². The molecule has 0 aliphatic rings. The molecular formula is C7H18N2O. The second-order valence-electron chi connectivity index (χ2n) is 2.64. The average molecular weight is 146 g/mol. The zero-order chi connectivity index (χ0) is 7.98. The smallest absolute Gasteiger partial charge is 0.0932 e. The molecule has 0 fully saturated rings. The van der Waals surface area contributed by atoms with E-state index in [1.165, 1.54) is 0 Å². The van der Waals surface area contributed by atoms with Crippen molar-refractivity contribution in [2.24, 2.45) is 0 Å². The average Bonchev–Trinajstić information content (AvgIpc) is 1.89. The lowest BCUT2D eigenvalue weighted by Gasteiger charge is -2.22. The number of nitrogens with zero attached hydrogens (tertiary/aromatic N) is 1. The maximum absolute atomic E-state index is 8.46. The molecule has 1 unspecified atom stereocenters. The molecular weight excluding hydrogens is 128 g/mol. The van der Waals surface area contributed by atoms with E-state index < -0.39 is 0 Å². The molecule has 0 aliphatic carbocycles. The Morgan fingerprint density at radius 1 is 1.50 bits per heavy atom. The van der Waals surface area contributed by atoms with Crippen molar-refractivity contribution in [3.8, 4) is 0 Å². The van der Waals surface area contributed by atoms with Gasteiger partial charge in [-0.05, 0) is 20.5 Å². The van der Waals surface area contributed by atoms with Crippen LogP contribution < -0.4 is 5.32 Å².